The Bertz CT molecular complexity index is 1100. The number of hydrogen-bond donors (Lipinski definition) is 1. The van der Waals surface area contributed by atoms with Crippen LogP contribution in [0, 0.1) is 0 Å². The van der Waals surface area contributed by atoms with Gasteiger partial charge in [0.15, 0.2) is 5.82 Å². The van der Waals surface area contributed by atoms with E-state index in [1.165, 1.54) is 0 Å². The maximum Gasteiger partial charge on any atom is 0.338 e. The van der Waals surface area contributed by atoms with E-state index in [-0.39, 0.29) is 6.61 Å². The molecule has 1 N–H and O–H groups in total. The van der Waals surface area contributed by atoms with Gasteiger partial charge in [-0.1, -0.05) is 23.7 Å². The molecule has 0 spiro atoms. The number of nitrogens with one attached hydrogen (secondary N) is 1. The highest BCUT2D eigenvalue weighted by molar-refractivity contribution is 6.30. The summed E-state index contributed by atoms with van der Waals surface area (Å²) in [5.41, 5.74) is 2.86. The average Bonchev–Trinajstić information content (AvgIpc) is 3.17. The van der Waals surface area contributed by atoms with E-state index in [1.54, 1.807) is 30.8 Å². The fraction of sp³-hybridized carbons (Fsp3) is 0.227. The first kappa shape index (κ1) is 20.0. The molecule has 0 saturated heterocycles. The first-order chi connectivity index (χ1) is 14.5. The number of nitrogens with zero attached hydrogens (tertiary/aromatic N) is 3. The predicted molar refractivity (Wildman–Crippen MR) is 115 cm³/mol. The Balaban J connectivity index is 1.84. The van der Waals surface area contributed by atoms with E-state index in [0.29, 0.717) is 28.1 Å². The zero-order chi connectivity index (χ0) is 21.3. The summed E-state index contributed by atoms with van der Waals surface area (Å²) in [5.74, 6) is 1.42. The number of hydrogen-bond acceptors (Lipinski definition) is 6. The number of carbonyl (C=O) groups is 1. The highest BCUT2D eigenvalue weighted by atomic mass is 35.5. The van der Waals surface area contributed by atoms with Gasteiger partial charge >= 0.3 is 5.97 Å². The van der Waals surface area contributed by atoms with E-state index in [2.05, 4.69) is 10.3 Å². The van der Waals surface area contributed by atoms with Crippen molar-refractivity contribution in [1.82, 2.24) is 14.8 Å². The maximum atomic E-state index is 12.8. The lowest BCUT2D eigenvalue weighted by Crippen LogP contribution is -2.29. The van der Waals surface area contributed by atoms with Crippen molar-refractivity contribution in [3.63, 3.8) is 0 Å². The molecule has 1 atom stereocenters. The smallest absolute Gasteiger partial charge is 0.338 e. The highest BCUT2D eigenvalue weighted by Gasteiger charge is 2.35. The Hall–Kier alpha value is -3.32. The molecule has 3 aromatic rings. The van der Waals surface area contributed by atoms with Gasteiger partial charge in [0.05, 0.1) is 19.3 Å². The van der Waals surface area contributed by atoms with Crippen molar-refractivity contribution in [3.8, 4) is 17.1 Å². The SMILES string of the molecule is CCOC(=O)C1=C(C)Nc2nc(-c3ccc(Cl)cc3)nn2C1c1ccc(OC)cc1. The van der Waals surface area contributed by atoms with Gasteiger partial charge in [0, 0.05) is 16.3 Å². The Morgan fingerprint density at radius 1 is 1.17 bits per heavy atom. The normalized spacial score (nSPS) is 15.4. The Labute approximate surface area is 179 Å². The van der Waals surface area contributed by atoms with Gasteiger partial charge in [-0.25, -0.2) is 9.48 Å². The van der Waals surface area contributed by atoms with Crippen molar-refractivity contribution < 1.29 is 14.3 Å². The molecule has 0 fully saturated rings. The molecule has 1 aliphatic rings. The highest BCUT2D eigenvalue weighted by Crippen LogP contribution is 2.37. The van der Waals surface area contributed by atoms with Gasteiger partial charge in [-0.2, -0.15) is 4.98 Å². The summed E-state index contributed by atoms with van der Waals surface area (Å²) in [6, 6.07) is 14.3. The third-order valence-corrected chi connectivity index (χ3v) is 5.13. The quantitative estimate of drug-likeness (QED) is 0.609. The molecule has 1 unspecified atom stereocenters. The number of anilines is 1. The van der Waals surface area contributed by atoms with E-state index in [0.717, 1.165) is 16.9 Å². The van der Waals surface area contributed by atoms with Gasteiger partial charge in [-0.15, -0.1) is 5.10 Å². The molecular weight excluding hydrogens is 404 g/mol. The van der Waals surface area contributed by atoms with Crippen LogP contribution in [0.15, 0.2) is 59.8 Å². The van der Waals surface area contributed by atoms with Crippen LogP contribution in [0.1, 0.15) is 25.5 Å². The van der Waals surface area contributed by atoms with Gasteiger partial charge in [0.1, 0.15) is 11.8 Å². The fourth-order valence-electron chi connectivity index (χ4n) is 3.44. The van der Waals surface area contributed by atoms with Gasteiger partial charge in [-0.05, 0) is 55.8 Å². The van der Waals surface area contributed by atoms with Crippen LogP contribution in [0.25, 0.3) is 11.4 Å². The van der Waals surface area contributed by atoms with Crippen LogP contribution in [-0.4, -0.2) is 34.5 Å². The summed E-state index contributed by atoms with van der Waals surface area (Å²) in [6.07, 6.45) is 0. The summed E-state index contributed by atoms with van der Waals surface area (Å²) in [5, 5.41) is 8.53. The van der Waals surface area contributed by atoms with Crippen LogP contribution in [0.4, 0.5) is 5.95 Å². The first-order valence-electron chi connectivity index (χ1n) is 9.53. The number of carbonyl (C=O) groups excluding carboxylic acids is 1. The molecular formula is C22H21ClN4O3. The zero-order valence-electron chi connectivity index (χ0n) is 16.8. The second-order valence-electron chi connectivity index (χ2n) is 6.77. The molecule has 154 valence electrons. The van der Waals surface area contributed by atoms with Gasteiger partial charge in [-0.3, -0.25) is 0 Å². The second kappa shape index (κ2) is 8.20. The van der Waals surface area contributed by atoms with Crippen molar-refractivity contribution in [2.45, 2.75) is 19.9 Å². The Morgan fingerprint density at radius 2 is 1.87 bits per heavy atom. The number of aromatic nitrogens is 3. The molecule has 1 aliphatic heterocycles. The number of fused-ring (bicyclic) bond motifs is 1. The van der Waals surface area contributed by atoms with E-state index in [9.17, 15) is 4.79 Å². The molecule has 0 bridgehead atoms. The van der Waals surface area contributed by atoms with Crippen LogP contribution >= 0.6 is 11.6 Å². The molecule has 7 nitrogen and oxygen atoms in total. The predicted octanol–water partition coefficient (Wildman–Crippen LogP) is 4.46. The Morgan fingerprint density at radius 3 is 2.50 bits per heavy atom. The fourth-order valence-corrected chi connectivity index (χ4v) is 3.57. The number of halogens is 1. The topological polar surface area (TPSA) is 78.3 Å². The lowest BCUT2D eigenvalue weighted by atomic mass is 9.96. The van der Waals surface area contributed by atoms with Crippen molar-refractivity contribution in [3.05, 3.63) is 70.4 Å². The van der Waals surface area contributed by atoms with Gasteiger partial charge in [0.2, 0.25) is 5.95 Å². The standard InChI is InChI=1S/C22H21ClN4O3/c1-4-30-21(28)18-13(2)24-22-25-20(15-5-9-16(23)10-6-15)26-27(22)19(18)14-7-11-17(29-3)12-8-14/h5-12,19H,4H2,1-3H3,(H,24,25,26). The summed E-state index contributed by atoms with van der Waals surface area (Å²) in [6.45, 7) is 3.90. The van der Waals surface area contributed by atoms with Crippen LogP contribution in [0.5, 0.6) is 5.75 Å². The monoisotopic (exact) mass is 424 g/mol. The van der Waals surface area contributed by atoms with E-state index in [1.807, 2.05) is 43.3 Å². The number of esters is 1. The minimum atomic E-state index is -0.486. The van der Waals surface area contributed by atoms with E-state index in [4.69, 9.17) is 26.2 Å². The second-order valence-corrected chi connectivity index (χ2v) is 7.21. The van der Waals surface area contributed by atoms with Crippen molar-refractivity contribution in [2.24, 2.45) is 0 Å². The summed E-state index contributed by atoms with van der Waals surface area (Å²) in [4.78, 5) is 17.5. The molecule has 1 aromatic heterocycles. The van der Waals surface area contributed by atoms with E-state index >= 15 is 0 Å². The summed E-state index contributed by atoms with van der Waals surface area (Å²) < 4.78 is 12.3. The van der Waals surface area contributed by atoms with Gasteiger partial charge in [0.25, 0.3) is 0 Å². The molecule has 4 rings (SSSR count). The molecule has 0 amide bonds. The average molecular weight is 425 g/mol. The number of ether oxygens (including phenoxy) is 2. The number of benzene rings is 2. The molecule has 30 heavy (non-hydrogen) atoms. The molecule has 8 heteroatoms. The van der Waals surface area contributed by atoms with Crippen molar-refractivity contribution >= 4 is 23.5 Å². The molecule has 0 aliphatic carbocycles. The minimum Gasteiger partial charge on any atom is -0.497 e. The van der Waals surface area contributed by atoms with Crippen LogP contribution in [-0.2, 0) is 9.53 Å². The molecule has 2 heterocycles. The number of allylic oxidation sites excluding steroid dienone is 1. The maximum absolute atomic E-state index is 12.8. The third-order valence-electron chi connectivity index (χ3n) is 4.88. The van der Waals surface area contributed by atoms with Crippen LogP contribution in [0.2, 0.25) is 5.02 Å². The van der Waals surface area contributed by atoms with Crippen LogP contribution in [0.3, 0.4) is 0 Å². The molecule has 2 aromatic carbocycles. The lowest BCUT2D eigenvalue weighted by Gasteiger charge is -2.28. The van der Waals surface area contributed by atoms with Crippen molar-refractivity contribution in [1.29, 1.82) is 0 Å². The van der Waals surface area contributed by atoms with Crippen LogP contribution < -0.4 is 10.1 Å². The molecule has 0 radical (unpaired) electrons. The van der Waals surface area contributed by atoms with Crippen molar-refractivity contribution in [2.75, 3.05) is 19.0 Å². The zero-order valence-corrected chi connectivity index (χ0v) is 17.6. The number of methoxy groups -OCH3 is 1. The third kappa shape index (κ3) is 3.64. The largest absolute Gasteiger partial charge is 0.497 e. The van der Waals surface area contributed by atoms with Gasteiger partial charge < -0.3 is 14.8 Å². The lowest BCUT2D eigenvalue weighted by molar-refractivity contribution is -0.139. The minimum absolute atomic E-state index is 0.283. The number of rotatable bonds is 5. The Kier molecular flexibility index (Phi) is 5.46. The molecule has 0 saturated carbocycles. The summed E-state index contributed by atoms with van der Waals surface area (Å²) >= 11 is 6.00. The summed E-state index contributed by atoms with van der Waals surface area (Å²) in [7, 11) is 1.61. The first-order valence-corrected chi connectivity index (χ1v) is 9.91. The van der Waals surface area contributed by atoms with E-state index < -0.39 is 12.0 Å².